The van der Waals surface area contributed by atoms with E-state index in [2.05, 4.69) is 26.1 Å². The third-order valence-corrected chi connectivity index (χ3v) is 8.81. The van der Waals surface area contributed by atoms with E-state index in [1.807, 2.05) is 24.3 Å². The normalized spacial score (nSPS) is 19.7. The van der Waals surface area contributed by atoms with Crippen molar-refractivity contribution in [3.05, 3.63) is 89.5 Å². The number of nitrogens with zero attached hydrogens (tertiary/aromatic N) is 3. The molecule has 43 heavy (non-hydrogen) atoms. The summed E-state index contributed by atoms with van der Waals surface area (Å²) in [4.78, 5) is 20.0. The lowest BCUT2D eigenvalue weighted by molar-refractivity contribution is -0.121. The summed E-state index contributed by atoms with van der Waals surface area (Å²) in [5.41, 5.74) is 2.21. The minimum absolute atomic E-state index is 0.0713. The molecule has 0 bridgehead atoms. The summed E-state index contributed by atoms with van der Waals surface area (Å²) in [7, 11) is 3.31. The molecule has 0 aliphatic carbocycles. The molecule has 9 heteroatoms. The molecular formula is C34H42F2N4O3. The van der Waals surface area contributed by atoms with E-state index in [0.29, 0.717) is 29.5 Å². The van der Waals surface area contributed by atoms with Gasteiger partial charge in [0.2, 0.25) is 5.91 Å². The first-order valence-electron chi connectivity index (χ1n) is 15.1. The van der Waals surface area contributed by atoms with Gasteiger partial charge in [-0.3, -0.25) is 14.6 Å². The SMILES string of the molecule is COc1cccc(CN2CC[C@H](N3CCN(c4ccccc4F)CC3)[C@H](CCC(=O)NCc3ccccc3F)C2)c1OC. The van der Waals surface area contributed by atoms with Crippen molar-refractivity contribution in [1.82, 2.24) is 15.1 Å². The summed E-state index contributed by atoms with van der Waals surface area (Å²) < 4.78 is 39.7. The zero-order valence-electron chi connectivity index (χ0n) is 25.1. The van der Waals surface area contributed by atoms with Gasteiger partial charge in [0.25, 0.3) is 0 Å². The molecule has 2 heterocycles. The number of hydrogen-bond donors (Lipinski definition) is 1. The Bertz CT molecular complexity index is 1360. The monoisotopic (exact) mass is 592 g/mol. The van der Waals surface area contributed by atoms with E-state index in [1.54, 1.807) is 38.5 Å². The van der Waals surface area contributed by atoms with Gasteiger partial charge in [-0.15, -0.1) is 0 Å². The van der Waals surface area contributed by atoms with Crippen molar-refractivity contribution in [2.24, 2.45) is 5.92 Å². The molecule has 1 amide bonds. The number of carbonyl (C=O) groups is 1. The van der Waals surface area contributed by atoms with Crippen LogP contribution in [0.5, 0.6) is 11.5 Å². The maximum Gasteiger partial charge on any atom is 0.220 e. The number of halogens is 2. The van der Waals surface area contributed by atoms with Crippen LogP contribution in [0.1, 0.15) is 30.4 Å². The first kappa shape index (κ1) is 30.8. The van der Waals surface area contributed by atoms with Gasteiger partial charge in [-0.1, -0.05) is 42.5 Å². The van der Waals surface area contributed by atoms with Gasteiger partial charge >= 0.3 is 0 Å². The lowest BCUT2D eigenvalue weighted by Crippen LogP contribution is -2.56. The molecule has 0 unspecified atom stereocenters. The van der Waals surface area contributed by atoms with Crippen molar-refractivity contribution in [1.29, 1.82) is 0 Å². The van der Waals surface area contributed by atoms with Gasteiger partial charge in [0.1, 0.15) is 11.6 Å². The van der Waals surface area contributed by atoms with Gasteiger partial charge in [0, 0.05) is 69.4 Å². The highest BCUT2D eigenvalue weighted by molar-refractivity contribution is 5.75. The van der Waals surface area contributed by atoms with Crippen molar-refractivity contribution >= 4 is 11.6 Å². The van der Waals surface area contributed by atoms with Gasteiger partial charge < -0.3 is 19.7 Å². The summed E-state index contributed by atoms with van der Waals surface area (Å²) >= 11 is 0. The maximum atomic E-state index is 14.4. The Hall–Kier alpha value is -3.69. The molecule has 5 rings (SSSR count). The zero-order chi connectivity index (χ0) is 30.2. The number of hydrogen-bond acceptors (Lipinski definition) is 6. The molecule has 230 valence electrons. The number of para-hydroxylation sites is 2. The average Bonchev–Trinajstić information content (AvgIpc) is 3.03. The van der Waals surface area contributed by atoms with E-state index in [4.69, 9.17) is 9.47 Å². The second-order valence-electron chi connectivity index (χ2n) is 11.4. The molecule has 1 N–H and O–H groups in total. The van der Waals surface area contributed by atoms with Crippen LogP contribution < -0.4 is 19.7 Å². The van der Waals surface area contributed by atoms with E-state index >= 15 is 0 Å². The van der Waals surface area contributed by atoms with Crippen LogP contribution in [0.25, 0.3) is 0 Å². The highest BCUT2D eigenvalue weighted by atomic mass is 19.1. The second kappa shape index (κ2) is 14.7. The Balaban J connectivity index is 1.24. The van der Waals surface area contributed by atoms with Crippen molar-refractivity contribution in [3.8, 4) is 11.5 Å². The molecule has 2 aliphatic rings. The standard InChI is InChI=1S/C34H42F2N4O3/c1-42-32-13-7-9-27(34(32)43-2)24-38-17-16-30(39-18-20-40(21-19-39)31-12-6-5-11-29(31)36)26(23-38)14-15-33(41)37-22-25-8-3-4-10-28(25)35/h3-13,26,30H,14-24H2,1-2H3,(H,37,41)/t26-,30+/m1/s1. The highest BCUT2D eigenvalue weighted by Gasteiger charge is 2.35. The van der Waals surface area contributed by atoms with Crippen LogP contribution in [-0.4, -0.2) is 75.2 Å². The smallest absolute Gasteiger partial charge is 0.220 e. The molecule has 3 aromatic carbocycles. The number of rotatable bonds is 11. The minimum atomic E-state index is -0.312. The van der Waals surface area contributed by atoms with Crippen molar-refractivity contribution < 1.29 is 23.0 Å². The Morgan fingerprint density at radius 3 is 2.30 bits per heavy atom. The molecule has 0 spiro atoms. The van der Waals surface area contributed by atoms with Gasteiger partial charge in [-0.25, -0.2) is 8.78 Å². The molecule has 0 aromatic heterocycles. The largest absolute Gasteiger partial charge is 0.493 e. The predicted octanol–water partition coefficient (Wildman–Crippen LogP) is 5.09. The van der Waals surface area contributed by atoms with Crippen LogP contribution in [0.4, 0.5) is 14.5 Å². The van der Waals surface area contributed by atoms with Crippen LogP contribution in [0.15, 0.2) is 66.7 Å². The Labute approximate surface area is 253 Å². The topological polar surface area (TPSA) is 57.3 Å². The fraction of sp³-hybridized carbons (Fsp3) is 0.441. The molecule has 0 saturated carbocycles. The maximum absolute atomic E-state index is 14.4. The number of piperidine rings is 1. The van der Waals surface area contributed by atoms with Crippen molar-refractivity contribution in [2.75, 3.05) is 58.4 Å². The molecule has 7 nitrogen and oxygen atoms in total. The van der Waals surface area contributed by atoms with Crippen molar-refractivity contribution in [2.45, 2.75) is 38.4 Å². The fourth-order valence-electron chi connectivity index (χ4n) is 6.57. The number of ether oxygens (including phenoxy) is 2. The van der Waals surface area contributed by atoms with E-state index < -0.39 is 0 Å². The molecule has 2 atom stereocenters. The number of methoxy groups -OCH3 is 2. The Kier molecular flexibility index (Phi) is 10.5. The number of piperazine rings is 1. The molecule has 3 aromatic rings. The van der Waals surface area contributed by atoms with Crippen molar-refractivity contribution in [3.63, 3.8) is 0 Å². The van der Waals surface area contributed by atoms with E-state index in [9.17, 15) is 13.6 Å². The summed E-state index contributed by atoms with van der Waals surface area (Å²) in [5, 5.41) is 2.90. The van der Waals surface area contributed by atoms with E-state index in [1.165, 1.54) is 12.1 Å². The van der Waals surface area contributed by atoms with E-state index in [-0.39, 0.29) is 30.0 Å². The molecule has 2 saturated heterocycles. The van der Waals surface area contributed by atoms with Crippen LogP contribution >= 0.6 is 0 Å². The number of nitrogens with one attached hydrogen (secondary N) is 1. The van der Waals surface area contributed by atoms with E-state index in [0.717, 1.165) is 70.0 Å². The predicted molar refractivity (Wildman–Crippen MR) is 164 cm³/mol. The summed E-state index contributed by atoms with van der Waals surface area (Å²) in [6, 6.07) is 19.8. The average molecular weight is 593 g/mol. The van der Waals surface area contributed by atoms with Gasteiger partial charge in [0.05, 0.1) is 19.9 Å². The van der Waals surface area contributed by atoms with Gasteiger partial charge in [0.15, 0.2) is 11.5 Å². The Morgan fingerprint density at radius 1 is 0.860 bits per heavy atom. The summed E-state index contributed by atoms with van der Waals surface area (Å²) in [5.74, 6) is 1.17. The van der Waals surface area contributed by atoms with Crippen LogP contribution in [0.2, 0.25) is 0 Å². The lowest BCUT2D eigenvalue weighted by Gasteiger charge is -2.47. The van der Waals surface area contributed by atoms with Crippen LogP contribution in [0, 0.1) is 17.6 Å². The lowest BCUT2D eigenvalue weighted by atomic mass is 9.86. The highest BCUT2D eigenvalue weighted by Crippen LogP contribution is 2.34. The van der Waals surface area contributed by atoms with Crippen LogP contribution in [0.3, 0.4) is 0 Å². The molecule has 2 aliphatic heterocycles. The third-order valence-electron chi connectivity index (χ3n) is 8.81. The first-order chi connectivity index (χ1) is 21.0. The first-order valence-corrected chi connectivity index (χ1v) is 15.1. The minimum Gasteiger partial charge on any atom is -0.493 e. The fourth-order valence-corrected chi connectivity index (χ4v) is 6.57. The second-order valence-corrected chi connectivity index (χ2v) is 11.4. The quantitative estimate of drug-likeness (QED) is 0.335. The van der Waals surface area contributed by atoms with Gasteiger partial charge in [-0.05, 0) is 49.6 Å². The Morgan fingerprint density at radius 2 is 1.58 bits per heavy atom. The van der Waals surface area contributed by atoms with Crippen LogP contribution in [-0.2, 0) is 17.9 Å². The zero-order valence-corrected chi connectivity index (χ0v) is 25.1. The number of anilines is 1. The summed E-state index contributed by atoms with van der Waals surface area (Å²) in [6.45, 7) is 5.89. The number of amides is 1. The number of benzene rings is 3. The number of carbonyl (C=O) groups excluding carboxylic acids is 1. The van der Waals surface area contributed by atoms with Gasteiger partial charge in [-0.2, -0.15) is 0 Å². The number of likely N-dealkylation sites (tertiary alicyclic amines) is 1. The molecule has 2 fully saturated rings. The molecular weight excluding hydrogens is 550 g/mol. The summed E-state index contributed by atoms with van der Waals surface area (Å²) in [6.07, 6.45) is 2.08. The third kappa shape index (κ3) is 7.64. The molecule has 0 radical (unpaired) electrons.